The van der Waals surface area contributed by atoms with Crippen LogP contribution in [-0.2, 0) is 9.53 Å². The molecule has 2 N–H and O–H groups in total. The van der Waals surface area contributed by atoms with E-state index < -0.39 is 6.10 Å². The van der Waals surface area contributed by atoms with E-state index in [-0.39, 0.29) is 28.8 Å². The fraction of sp³-hybridized carbons (Fsp3) is 0.952. The molecule has 0 radical (unpaired) electrons. The standard InChI is InChI=1S/C21H34O4/c1-20-9-8-13(22)10-12(20)4-5-14-15-6-7-16(19(24)25-3)21(15,2)18(23)11-17(14)20/h12-18,22-23H,4-11H2,1-3H3/t12-,13-,14+,15-,16+,17-,18+,20+,21-/m1/s1. The maximum atomic E-state index is 12.3. The van der Waals surface area contributed by atoms with Gasteiger partial charge in [0.1, 0.15) is 0 Å². The predicted molar refractivity (Wildman–Crippen MR) is 94.6 cm³/mol. The highest BCUT2D eigenvalue weighted by atomic mass is 16.5. The number of esters is 1. The molecule has 4 fully saturated rings. The minimum Gasteiger partial charge on any atom is -0.469 e. The highest BCUT2D eigenvalue weighted by molar-refractivity contribution is 5.74. The number of carbonyl (C=O) groups is 1. The van der Waals surface area contributed by atoms with Gasteiger partial charge in [-0.3, -0.25) is 4.79 Å². The molecule has 0 aromatic rings. The smallest absolute Gasteiger partial charge is 0.309 e. The van der Waals surface area contributed by atoms with Crippen LogP contribution in [0.2, 0.25) is 0 Å². The highest BCUT2D eigenvalue weighted by Gasteiger charge is 2.64. The molecule has 0 amide bonds. The van der Waals surface area contributed by atoms with Gasteiger partial charge in [0.2, 0.25) is 0 Å². The number of aliphatic hydroxyl groups is 2. The van der Waals surface area contributed by atoms with Crippen molar-refractivity contribution in [2.24, 2.45) is 40.4 Å². The molecule has 0 saturated heterocycles. The Balaban J connectivity index is 1.65. The molecule has 142 valence electrons. The van der Waals surface area contributed by atoms with Crippen molar-refractivity contribution in [3.63, 3.8) is 0 Å². The van der Waals surface area contributed by atoms with E-state index in [0.717, 1.165) is 38.5 Å². The summed E-state index contributed by atoms with van der Waals surface area (Å²) in [5, 5.41) is 21.3. The molecule has 4 saturated carbocycles. The number of hydrogen-bond donors (Lipinski definition) is 2. The number of carbonyl (C=O) groups excluding carboxylic acids is 1. The van der Waals surface area contributed by atoms with Gasteiger partial charge in [-0.1, -0.05) is 13.8 Å². The van der Waals surface area contributed by atoms with Crippen molar-refractivity contribution in [3.05, 3.63) is 0 Å². The van der Waals surface area contributed by atoms with Crippen LogP contribution >= 0.6 is 0 Å². The van der Waals surface area contributed by atoms with Crippen LogP contribution in [0.15, 0.2) is 0 Å². The summed E-state index contributed by atoms with van der Waals surface area (Å²) in [4.78, 5) is 12.3. The average Bonchev–Trinajstić information content (AvgIpc) is 2.95. The Morgan fingerprint density at radius 2 is 1.76 bits per heavy atom. The summed E-state index contributed by atoms with van der Waals surface area (Å²) in [5.41, 5.74) is -0.0839. The second-order valence-electron chi connectivity index (χ2n) is 9.86. The van der Waals surface area contributed by atoms with Gasteiger partial charge < -0.3 is 14.9 Å². The minimum absolute atomic E-state index is 0.136. The molecular weight excluding hydrogens is 316 g/mol. The number of fused-ring (bicyclic) bond motifs is 5. The molecule has 4 aliphatic carbocycles. The van der Waals surface area contributed by atoms with E-state index in [2.05, 4.69) is 13.8 Å². The molecule has 4 nitrogen and oxygen atoms in total. The maximum Gasteiger partial charge on any atom is 0.309 e. The van der Waals surface area contributed by atoms with E-state index in [0.29, 0.717) is 23.7 Å². The quantitative estimate of drug-likeness (QED) is 0.713. The first-order chi connectivity index (χ1) is 11.8. The van der Waals surface area contributed by atoms with Crippen molar-refractivity contribution in [1.29, 1.82) is 0 Å². The lowest BCUT2D eigenvalue weighted by Crippen LogP contribution is -2.59. The van der Waals surface area contributed by atoms with Crippen LogP contribution in [0.5, 0.6) is 0 Å². The summed E-state index contributed by atoms with van der Waals surface area (Å²) in [6.07, 6.45) is 7.45. The predicted octanol–water partition coefficient (Wildman–Crippen LogP) is 3.15. The van der Waals surface area contributed by atoms with Crippen molar-refractivity contribution in [1.82, 2.24) is 0 Å². The van der Waals surface area contributed by atoms with Crippen molar-refractivity contribution >= 4 is 5.97 Å². The van der Waals surface area contributed by atoms with Crippen molar-refractivity contribution < 1.29 is 19.7 Å². The summed E-state index contributed by atoms with van der Waals surface area (Å²) in [7, 11) is 1.47. The minimum atomic E-state index is -0.423. The van der Waals surface area contributed by atoms with Crippen LogP contribution in [0.4, 0.5) is 0 Å². The normalized spacial score (nSPS) is 55.0. The van der Waals surface area contributed by atoms with Gasteiger partial charge in [-0.05, 0) is 80.5 Å². The van der Waals surface area contributed by atoms with Crippen LogP contribution in [0.25, 0.3) is 0 Å². The van der Waals surface area contributed by atoms with Gasteiger partial charge in [0.05, 0.1) is 25.2 Å². The third kappa shape index (κ3) is 2.36. The molecular formula is C21H34O4. The zero-order valence-corrected chi connectivity index (χ0v) is 15.9. The van der Waals surface area contributed by atoms with Crippen LogP contribution in [-0.4, -0.2) is 35.5 Å². The lowest BCUT2D eigenvalue weighted by Gasteiger charge is -2.62. The first kappa shape index (κ1) is 17.8. The van der Waals surface area contributed by atoms with Crippen LogP contribution in [0.1, 0.15) is 65.2 Å². The topological polar surface area (TPSA) is 66.8 Å². The van der Waals surface area contributed by atoms with Gasteiger partial charge in [-0.2, -0.15) is 0 Å². The molecule has 9 atom stereocenters. The lowest BCUT2D eigenvalue weighted by molar-refractivity contribution is -0.182. The van der Waals surface area contributed by atoms with Crippen molar-refractivity contribution in [3.8, 4) is 0 Å². The Labute approximate surface area is 151 Å². The molecule has 4 heteroatoms. The van der Waals surface area contributed by atoms with E-state index in [1.165, 1.54) is 20.0 Å². The summed E-state index contributed by atoms with van der Waals surface area (Å²) in [6, 6.07) is 0. The molecule has 0 aromatic heterocycles. The molecule has 0 spiro atoms. The summed E-state index contributed by atoms with van der Waals surface area (Å²) < 4.78 is 5.07. The Morgan fingerprint density at radius 3 is 2.48 bits per heavy atom. The maximum absolute atomic E-state index is 12.3. The van der Waals surface area contributed by atoms with Gasteiger partial charge >= 0.3 is 5.97 Å². The summed E-state index contributed by atoms with van der Waals surface area (Å²) in [5.74, 6) is 1.87. The van der Waals surface area contributed by atoms with E-state index in [4.69, 9.17) is 4.74 Å². The molecule has 25 heavy (non-hydrogen) atoms. The van der Waals surface area contributed by atoms with Gasteiger partial charge in [-0.25, -0.2) is 0 Å². The number of hydrogen-bond acceptors (Lipinski definition) is 4. The van der Waals surface area contributed by atoms with Crippen molar-refractivity contribution in [2.75, 3.05) is 7.11 Å². The third-order valence-electron chi connectivity index (χ3n) is 9.23. The molecule has 0 aliphatic heterocycles. The monoisotopic (exact) mass is 350 g/mol. The third-order valence-corrected chi connectivity index (χ3v) is 9.23. The van der Waals surface area contributed by atoms with E-state index in [9.17, 15) is 15.0 Å². The van der Waals surface area contributed by atoms with Crippen LogP contribution in [0.3, 0.4) is 0 Å². The molecule has 4 rings (SSSR count). The highest BCUT2D eigenvalue weighted by Crippen LogP contribution is 2.67. The van der Waals surface area contributed by atoms with Crippen LogP contribution < -0.4 is 0 Å². The first-order valence-electron chi connectivity index (χ1n) is 10.3. The van der Waals surface area contributed by atoms with E-state index in [1.54, 1.807) is 0 Å². The SMILES string of the molecule is COC(=O)[C@@H]1CC[C@@H]2[C@@H]3CC[C@@H]4C[C@H](O)CC[C@]4(C)[C@@H]3C[C@H](O)[C@]21C. The summed E-state index contributed by atoms with van der Waals surface area (Å²) >= 11 is 0. The van der Waals surface area contributed by atoms with E-state index >= 15 is 0 Å². The zero-order chi connectivity index (χ0) is 18.0. The van der Waals surface area contributed by atoms with E-state index in [1.807, 2.05) is 0 Å². The number of aliphatic hydroxyl groups excluding tert-OH is 2. The van der Waals surface area contributed by atoms with Gasteiger partial charge in [0.25, 0.3) is 0 Å². The second kappa shape index (κ2) is 5.95. The van der Waals surface area contributed by atoms with Gasteiger partial charge in [0.15, 0.2) is 0 Å². The fourth-order valence-electron chi connectivity index (χ4n) is 7.73. The molecule has 0 bridgehead atoms. The molecule has 4 aliphatic rings. The second-order valence-corrected chi connectivity index (χ2v) is 9.86. The number of ether oxygens (including phenoxy) is 1. The number of methoxy groups -OCH3 is 1. The Hall–Kier alpha value is -0.610. The first-order valence-corrected chi connectivity index (χ1v) is 10.3. The number of rotatable bonds is 1. The Kier molecular flexibility index (Phi) is 4.23. The average molecular weight is 350 g/mol. The molecule has 0 unspecified atom stereocenters. The fourth-order valence-corrected chi connectivity index (χ4v) is 7.73. The van der Waals surface area contributed by atoms with Gasteiger partial charge in [0, 0.05) is 5.41 Å². The Bertz CT molecular complexity index is 548. The molecule has 0 aromatic carbocycles. The largest absolute Gasteiger partial charge is 0.469 e. The zero-order valence-electron chi connectivity index (χ0n) is 15.9. The van der Waals surface area contributed by atoms with Crippen molar-refractivity contribution in [2.45, 2.75) is 77.4 Å². The Morgan fingerprint density at radius 1 is 1.00 bits per heavy atom. The lowest BCUT2D eigenvalue weighted by atomic mass is 9.44. The van der Waals surface area contributed by atoms with Crippen LogP contribution in [0, 0.1) is 40.4 Å². The molecule has 0 heterocycles. The summed E-state index contributed by atoms with van der Waals surface area (Å²) in [6.45, 7) is 4.56. The van der Waals surface area contributed by atoms with Gasteiger partial charge in [-0.15, -0.1) is 0 Å².